The molecule has 0 bridgehead atoms. The van der Waals surface area contributed by atoms with Crippen molar-refractivity contribution >= 4 is 23.1 Å². The summed E-state index contributed by atoms with van der Waals surface area (Å²) in [7, 11) is 1.51. The Morgan fingerprint density at radius 2 is 2.10 bits per heavy atom. The number of rotatable bonds is 10. The van der Waals surface area contributed by atoms with Crippen LogP contribution in [0.3, 0.4) is 0 Å². The Morgan fingerprint density at radius 3 is 2.79 bits per heavy atom. The molecule has 154 valence electrons. The monoisotopic (exact) mass is 401 g/mol. The Labute approximate surface area is 166 Å². The van der Waals surface area contributed by atoms with E-state index in [1.54, 1.807) is 4.57 Å². The van der Waals surface area contributed by atoms with Crippen molar-refractivity contribution in [3.05, 3.63) is 52.6 Å². The molecule has 0 amide bonds. The lowest BCUT2D eigenvalue weighted by Crippen LogP contribution is -2.29. The molecule has 0 saturated heterocycles. The van der Waals surface area contributed by atoms with Gasteiger partial charge in [-0.25, -0.2) is 4.98 Å². The number of fused-ring (bicyclic) bond motifs is 1. The minimum absolute atomic E-state index is 0.00556. The zero-order chi connectivity index (χ0) is 20.8. The van der Waals surface area contributed by atoms with E-state index < -0.39 is 23.9 Å². The third kappa shape index (κ3) is 4.98. The molecule has 0 fully saturated rings. The topological polar surface area (TPSA) is 145 Å². The van der Waals surface area contributed by atoms with Gasteiger partial charge in [0.15, 0.2) is 17.5 Å². The van der Waals surface area contributed by atoms with Gasteiger partial charge < -0.3 is 24.9 Å². The molecule has 2 unspecified atom stereocenters. The van der Waals surface area contributed by atoms with Crippen LogP contribution in [0.2, 0.25) is 0 Å². The number of aromatic nitrogens is 4. The highest BCUT2D eigenvalue weighted by Crippen LogP contribution is 2.26. The molecule has 3 aromatic rings. The van der Waals surface area contributed by atoms with Crippen LogP contribution in [0.5, 0.6) is 0 Å². The maximum absolute atomic E-state index is 12.1. The van der Waals surface area contributed by atoms with E-state index in [4.69, 9.17) is 20.3 Å². The Kier molecular flexibility index (Phi) is 6.57. The largest absolute Gasteiger partial charge is 0.481 e. The lowest BCUT2D eigenvalue weighted by atomic mass is 10.1. The molecule has 2 aromatic heterocycles. The quantitative estimate of drug-likeness (QED) is 0.435. The Hall–Kier alpha value is -3.24. The number of hydrogen-bond donors (Lipinski definition) is 3. The van der Waals surface area contributed by atoms with E-state index in [0.29, 0.717) is 19.4 Å². The SMILES string of the molecule is COC(OCc1ccccc1)C(CCCC(=O)O)n1cnc2c(=O)[nH]c(N)nc21. The maximum atomic E-state index is 12.1. The van der Waals surface area contributed by atoms with E-state index in [1.807, 2.05) is 30.3 Å². The summed E-state index contributed by atoms with van der Waals surface area (Å²) < 4.78 is 13.2. The summed E-state index contributed by atoms with van der Waals surface area (Å²) in [6.07, 6.45) is 1.54. The van der Waals surface area contributed by atoms with Gasteiger partial charge in [0.05, 0.1) is 19.0 Å². The third-order valence-electron chi connectivity index (χ3n) is 4.50. The molecular weight excluding hydrogens is 378 g/mol. The van der Waals surface area contributed by atoms with Gasteiger partial charge in [0.1, 0.15) is 0 Å². The molecule has 0 spiro atoms. The minimum Gasteiger partial charge on any atom is -0.481 e. The van der Waals surface area contributed by atoms with Crippen LogP contribution >= 0.6 is 0 Å². The van der Waals surface area contributed by atoms with Gasteiger partial charge in [-0.05, 0) is 18.4 Å². The zero-order valence-electron chi connectivity index (χ0n) is 15.9. The molecule has 10 nitrogen and oxygen atoms in total. The Morgan fingerprint density at radius 1 is 1.34 bits per heavy atom. The van der Waals surface area contributed by atoms with Crippen LogP contribution in [0.15, 0.2) is 41.5 Å². The number of nitrogen functional groups attached to an aromatic ring is 1. The molecule has 0 aliphatic rings. The second-order valence-electron chi connectivity index (χ2n) is 6.53. The lowest BCUT2D eigenvalue weighted by Gasteiger charge is -2.27. The smallest absolute Gasteiger partial charge is 0.303 e. The van der Waals surface area contributed by atoms with Crippen molar-refractivity contribution in [3.8, 4) is 0 Å². The Bertz CT molecular complexity index is 1020. The van der Waals surface area contributed by atoms with Gasteiger partial charge in [0.2, 0.25) is 5.95 Å². The predicted molar refractivity (Wildman–Crippen MR) is 105 cm³/mol. The number of H-pyrrole nitrogens is 1. The fourth-order valence-corrected chi connectivity index (χ4v) is 3.14. The van der Waals surface area contributed by atoms with Crippen LogP contribution in [0.25, 0.3) is 11.2 Å². The van der Waals surface area contributed by atoms with Crippen molar-refractivity contribution < 1.29 is 19.4 Å². The first-order chi connectivity index (χ1) is 14.0. The van der Waals surface area contributed by atoms with Crippen molar-refractivity contribution in [2.24, 2.45) is 0 Å². The Balaban J connectivity index is 1.90. The summed E-state index contributed by atoms with van der Waals surface area (Å²) in [6.45, 7) is 0.303. The first kappa shape index (κ1) is 20.5. The number of imidazole rings is 1. The third-order valence-corrected chi connectivity index (χ3v) is 4.50. The molecule has 10 heteroatoms. The highest BCUT2D eigenvalue weighted by molar-refractivity contribution is 5.70. The number of carboxylic acids is 1. The van der Waals surface area contributed by atoms with Crippen molar-refractivity contribution in [1.82, 2.24) is 19.5 Å². The standard InChI is InChI=1S/C19H23N5O5/c1-28-18(29-10-12-6-3-2-4-7-12)13(8-5-9-14(25)26)24-11-21-15-16(24)22-19(20)23-17(15)27/h2-4,6-7,11,13,18H,5,8-10H2,1H3,(H,25,26)(H3,20,22,23,27). The summed E-state index contributed by atoms with van der Waals surface area (Å²) in [6, 6.07) is 9.14. The summed E-state index contributed by atoms with van der Waals surface area (Å²) in [5.74, 6) is -0.926. The lowest BCUT2D eigenvalue weighted by molar-refractivity contribution is -0.159. The number of carbonyl (C=O) groups is 1. The van der Waals surface area contributed by atoms with Gasteiger partial charge in [-0.1, -0.05) is 30.3 Å². The average Bonchev–Trinajstić information content (AvgIpc) is 3.11. The van der Waals surface area contributed by atoms with Crippen LogP contribution in [0, 0.1) is 0 Å². The van der Waals surface area contributed by atoms with Crippen molar-refractivity contribution in [3.63, 3.8) is 0 Å². The van der Waals surface area contributed by atoms with E-state index in [1.165, 1.54) is 13.4 Å². The van der Waals surface area contributed by atoms with Gasteiger partial charge >= 0.3 is 5.97 Å². The van der Waals surface area contributed by atoms with E-state index in [9.17, 15) is 9.59 Å². The fraction of sp³-hybridized carbons (Fsp3) is 0.368. The van der Waals surface area contributed by atoms with E-state index >= 15 is 0 Å². The van der Waals surface area contributed by atoms with Crippen LogP contribution in [0.4, 0.5) is 5.95 Å². The number of methoxy groups -OCH3 is 1. The highest BCUT2D eigenvalue weighted by atomic mass is 16.7. The van der Waals surface area contributed by atoms with Crippen LogP contribution in [0.1, 0.15) is 30.9 Å². The molecule has 3 rings (SSSR count). The second kappa shape index (κ2) is 9.30. The van der Waals surface area contributed by atoms with Crippen molar-refractivity contribution in [2.45, 2.75) is 38.2 Å². The molecule has 0 saturated carbocycles. The number of ether oxygens (including phenoxy) is 2. The van der Waals surface area contributed by atoms with Gasteiger partial charge in [-0.15, -0.1) is 0 Å². The first-order valence-electron chi connectivity index (χ1n) is 9.12. The normalized spacial score (nSPS) is 13.4. The summed E-state index contributed by atoms with van der Waals surface area (Å²) in [5, 5.41) is 8.99. The van der Waals surface area contributed by atoms with Gasteiger partial charge in [0, 0.05) is 13.5 Å². The highest BCUT2D eigenvalue weighted by Gasteiger charge is 2.27. The molecule has 0 radical (unpaired) electrons. The van der Waals surface area contributed by atoms with Crippen LogP contribution in [-0.2, 0) is 20.9 Å². The first-order valence-corrected chi connectivity index (χ1v) is 9.12. The second-order valence-corrected chi connectivity index (χ2v) is 6.53. The van der Waals surface area contributed by atoms with Gasteiger partial charge in [-0.2, -0.15) is 4.98 Å². The van der Waals surface area contributed by atoms with E-state index in [0.717, 1.165) is 5.56 Å². The molecule has 1 aromatic carbocycles. The predicted octanol–water partition coefficient (Wildman–Crippen LogP) is 1.69. The van der Waals surface area contributed by atoms with Gasteiger partial charge in [0.25, 0.3) is 5.56 Å². The minimum atomic E-state index is -0.891. The number of hydrogen-bond acceptors (Lipinski definition) is 7. The number of benzene rings is 1. The number of aromatic amines is 1. The van der Waals surface area contributed by atoms with E-state index in [2.05, 4.69) is 15.0 Å². The number of carboxylic acid groups (broad SMARTS) is 1. The average molecular weight is 401 g/mol. The molecule has 29 heavy (non-hydrogen) atoms. The molecule has 4 N–H and O–H groups in total. The number of nitrogens with zero attached hydrogens (tertiary/aromatic N) is 3. The van der Waals surface area contributed by atoms with E-state index in [-0.39, 0.29) is 23.5 Å². The summed E-state index contributed by atoms with van der Waals surface area (Å²) >= 11 is 0. The van der Waals surface area contributed by atoms with Crippen molar-refractivity contribution in [2.75, 3.05) is 12.8 Å². The molecule has 2 atom stereocenters. The summed E-state index contributed by atoms with van der Waals surface area (Å²) in [5.41, 5.74) is 6.63. The zero-order valence-corrected chi connectivity index (χ0v) is 15.9. The fourth-order valence-electron chi connectivity index (χ4n) is 3.14. The molecule has 2 heterocycles. The summed E-state index contributed by atoms with van der Waals surface area (Å²) in [4.78, 5) is 33.8. The van der Waals surface area contributed by atoms with Gasteiger partial charge in [-0.3, -0.25) is 14.6 Å². The van der Waals surface area contributed by atoms with Crippen molar-refractivity contribution in [1.29, 1.82) is 0 Å². The molecular formula is C19H23N5O5. The molecule has 0 aliphatic carbocycles. The van der Waals surface area contributed by atoms with Crippen LogP contribution in [-0.4, -0.2) is 44.0 Å². The maximum Gasteiger partial charge on any atom is 0.303 e. The number of aliphatic carboxylic acids is 1. The number of nitrogens with one attached hydrogen (secondary N) is 1. The molecule has 0 aliphatic heterocycles. The van der Waals surface area contributed by atoms with Crippen LogP contribution < -0.4 is 11.3 Å². The number of anilines is 1. The number of nitrogens with two attached hydrogens (primary N) is 1.